The Labute approximate surface area is 117 Å². The van der Waals surface area contributed by atoms with Gasteiger partial charge in [0, 0.05) is 18.8 Å². The number of aliphatic hydroxyl groups excluding tert-OH is 2. The van der Waals surface area contributed by atoms with Crippen molar-refractivity contribution in [3.63, 3.8) is 0 Å². The molecule has 0 amide bonds. The standard InChI is InChI=1S/C13H15N5O2/c14-9-12(10-15)17-16-11-1-3-13(4-2-11)18(5-7-19)6-8-20/h1-4,16,19-20H,5-8H2. The van der Waals surface area contributed by atoms with Gasteiger partial charge in [-0.2, -0.15) is 15.6 Å². The van der Waals surface area contributed by atoms with Crippen LogP contribution in [-0.4, -0.2) is 42.2 Å². The van der Waals surface area contributed by atoms with Crippen LogP contribution in [-0.2, 0) is 0 Å². The van der Waals surface area contributed by atoms with Crippen molar-refractivity contribution in [1.82, 2.24) is 0 Å². The molecule has 0 radical (unpaired) electrons. The molecule has 0 aliphatic carbocycles. The molecular weight excluding hydrogens is 258 g/mol. The second-order valence-electron chi connectivity index (χ2n) is 3.78. The lowest BCUT2D eigenvalue weighted by atomic mass is 10.2. The maximum absolute atomic E-state index is 8.96. The highest BCUT2D eigenvalue weighted by Gasteiger charge is 2.05. The number of nitrogens with zero attached hydrogens (tertiary/aromatic N) is 4. The first-order chi connectivity index (χ1) is 9.74. The lowest BCUT2D eigenvalue weighted by molar-refractivity contribution is 0.281. The van der Waals surface area contributed by atoms with E-state index in [4.69, 9.17) is 20.7 Å². The molecule has 0 unspecified atom stereocenters. The lowest BCUT2D eigenvalue weighted by Crippen LogP contribution is -2.29. The summed E-state index contributed by atoms with van der Waals surface area (Å²) in [5.41, 5.74) is 3.83. The van der Waals surface area contributed by atoms with Crippen LogP contribution in [0.1, 0.15) is 0 Å². The second kappa shape index (κ2) is 8.48. The Hall–Kier alpha value is -2.61. The Kier molecular flexibility index (Phi) is 6.55. The van der Waals surface area contributed by atoms with Gasteiger partial charge in [-0.25, -0.2) is 0 Å². The minimum atomic E-state index is -0.253. The van der Waals surface area contributed by atoms with Crippen LogP contribution in [0.25, 0.3) is 0 Å². The van der Waals surface area contributed by atoms with E-state index < -0.39 is 0 Å². The summed E-state index contributed by atoms with van der Waals surface area (Å²) < 4.78 is 0. The highest BCUT2D eigenvalue weighted by atomic mass is 16.3. The van der Waals surface area contributed by atoms with Crippen molar-refractivity contribution >= 4 is 17.1 Å². The molecule has 1 aromatic rings. The van der Waals surface area contributed by atoms with Crippen LogP contribution in [0, 0.1) is 22.7 Å². The molecule has 0 aliphatic rings. The first-order valence-corrected chi connectivity index (χ1v) is 5.95. The third-order valence-electron chi connectivity index (χ3n) is 2.48. The third kappa shape index (κ3) is 4.58. The Morgan fingerprint density at radius 3 is 2.10 bits per heavy atom. The average molecular weight is 273 g/mol. The maximum Gasteiger partial charge on any atom is 0.237 e. The zero-order valence-electron chi connectivity index (χ0n) is 10.8. The van der Waals surface area contributed by atoms with Crippen molar-refractivity contribution in [2.24, 2.45) is 5.10 Å². The Morgan fingerprint density at radius 1 is 1.10 bits per heavy atom. The molecule has 7 nitrogen and oxygen atoms in total. The number of hydrogen-bond acceptors (Lipinski definition) is 7. The molecule has 0 spiro atoms. The Balaban J connectivity index is 2.75. The van der Waals surface area contributed by atoms with Crippen molar-refractivity contribution < 1.29 is 10.2 Å². The van der Waals surface area contributed by atoms with E-state index in [9.17, 15) is 0 Å². The SMILES string of the molecule is N#CC(C#N)=NNc1ccc(N(CCO)CCO)cc1. The van der Waals surface area contributed by atoms with Gasteiger partial charge in [0.2, 0.25) is 5.71 Å². The molecule has 7 heteroatoms. The molecule has 3 N–H and O–H groups in total. The molecule has 0 fully saturated rings. The fourth-order valence-electron chi connectivity index (χ4n) is 1.55. The summed E-state index contributed by atoms with van der Waals surface area (Å²) in [5, 5.41) is 38.6. The number of hydrazone groups is 1. The predicted molar refractivity (Wildman–Crippen MR) is 75.1 cm³/mol. The fourth-order valence-corrected chi connectivity index (χ4v) is 1.55. The van der Waals surface area contributed by atoms with Gasteiger partial charge in [0.05, 0.1) is 18.9 Å². The number of nitrogens with one attached hydrogen (secondary N) is 1. The van der Waals surface area contributed by atoms with E-state index in [1.165, 1.54) is 0 Å². The van der Waals surface area contributed by atoms with E-state index in [0.717, 1.165) is 5.69 Å². The molecule has 0 aliphatic heterocycles. The van der Waals surface area contributed by atoms with Gasteiger partial charge in [-0.3, -0.25) is 5.43 Å². The maximum atomic E-state index is 8.96. The van der Waals surface area contributed by atoms with Gasteiger partial charge in [-0.1, -0.05) is 0 Å². The van der Waals surface area contributed by atoms with Gasteiger partial charge in [0.1, 0.15) is 12.1 Å². The summed E-state index contributed by atoms with van der Waals surface area (Å²) in [5.74, 6) is 0. The minimum absolute atomic E-state index is 0.00199. The van der Waals surface area contributed by atoms with Gasteiger partial charge in [-0.05, 0) is 24.3 Å². The van der Waals surface area contributed by atoms with E-state index in [0.29, 0.717) is 18.8 Å². The Morgan fingerprint density at radius 2 is 1.65 bits per heavy atom. The first-order valence-electron chi connectivity index (χ1n) is 5.95. The molecule has 1 rings (SSSR count). The largest absolute Gasteiger partial charge is 0.395 e. The number of nitriles is 2. The summed E-state index contributed by atoms with van der Waals surface area (Å²) in [6.07, 6.45) is 0. The number of rotatable bonds is 7. The number of anilines is 2. The molecule has 0 atom stereocenters. The van der Waals surface area contributed by atoms with Crippen molar-refractivity contribution in [3.8, 4) is 12.1 Å². The van der Waals surface area contributed by atoms with Crippen LogP contribution < -0.4 is 10.3 Å². The van der Waals surface area contributed by atoms with Gasteiger partial charge < -0.3 is 15.1 Å². The van der Waals surface area contributed by atoms with Crippen LogP contribution in [0.3, 0.4) is 0 Å². The highest BCUT2D eigenvalue weighted by Crippen LogP contribution is 2.17. The first kappa shape index (κ1) is 15.4. The number of aliphatic hydroxyl groups is 2. The lowest BCUT2D eigenvalue weighted by Gasteiger charge is -2.23. The van der Waals surface area contributed by atoms with E-state index in [-0.39, 0.29) is 18.9 Å². The third-order valence-corrected chi connectivity index (χ3v) is 2.48. The fraction of sp³-hybridized carbons (Fsp3) is 0.308. The van der Waals surface area contributed by atoms with E-state index in [2.05, 4.69) is 10.5 Å². The van der Waals surface area contributed by atoms with Crippen LogP contribution in [0.4, 0.5) is 11.4 Å². The summed E-state index contributed by atoms with van der Waals surface area (Å²) in [7, 11) is 0. The summed E-state index contributed by atoms with van der Waals surface area (Å²) >= 11 is 0. The molecular formula is C13H15N5O2. The quantitative estimate of drug-likeness (QED) is 0.486. The number of hydrogen-bond donors (Lipinski definition) is 3. The van der Waals surface area contributed by atoms with Crippen LogP contribution >= 0.6 is 0 Å². The topological polar surface area (TPSA) is 116 Å². The van der Waals surface area contributed by atoms with Gasteiger partial charge >= 0.3 is 0 Å². The van der Waals surface area contributed by atoms with E-state index in [1.807, 2.05) is 4.90 Å². The van der Waals surface area contributed by atoms with Crippen LogP contribution in [0.5, 0.6) is 0 Å². The molecule has 1 aromatic carbocycles. The smallest absolute Gasteiger partial charge is 0.237 e. The molecule has 0 aromatic heterocycles. The van der Waals surface area contributed by atoms with Crippen LogP contribution in [0.15, 0.2) is 29.4 Å². The van der Waals surface area contributed by atoms with Gasteiger partial charge in [0.25, 0.3) is 0 Å². The zero-order valence-corrected chi connectivity index (χ0v) is 10.8. The van der Waals surface area contributed by atoms with E-state index >= 15 is 0 Å². The van der Waals surface area contributed by atoms with Crippen molar-refractivity contribution in [2.75, 3.05) is 36.6 Å². The molecule has 0 heterocycles. The normalized spacial score (nSPS) is 9.20. The predicted octanol–water partition coefficient (Wildman–Crippen LogP) is 0.293. The average Bonchev–Trinajstić information content (AvgIpc) is 2.49. The second-order valence-corrected chi connectivity index (χ2v) is 3.78. The molecule has 20 heavy (non-hydrogen) atoms. The molecule has 104 valence electrons. The molecule has 0 bridgehead atoms. The summed E-state index contributed by atoms with van der Waals surface area (Å²) in [6, 6.07) is 10.3. The van der Waals surface area contributed by atoms with Crippen molar-refractivity contribution in [1.29, 1.82) is 10.5 Å². The van der Waals surface area contributed by atoms with Gasteiger partial charge in [0.15, 0.2) is 0 Å². The van der Waals surface area contributed by atoms with Crippen LogP contribution in [0.2, 0.25) is 0 Å². The van der Waals surface area contributed by atoms with Crippen molar-refractivity contribution in [3.05, 3.63) is 24.3 Å². The molecule has 0 saturated carbocycles. The number of benzene rings is 1. The minimum Gasteiger partial charge on any atom is -0.395 e. The summed E-state index contributed by atoms with van der Waals surface area (Å²) in [6.45, 7) is 0.854. The van der Waals surface area contributed by atoms with Crippen molar-refractivity contribution in [2.45, 2.75) is 0 Å². The monoisotopic (exact) mass is 273 g/mol. The summed E-state index contributed by atoms with van der Waals surface area (Å²) in [4.78, 5) is 1.84. The zero-order chi connectivity index (χ0) is 14.8. The van der Waals surface area contributed by atoms with Gasteiger partial charge in [-0.15, -0.1) is 0 Å². The highest BCUT2D eigenvalue weighted by molar-refractivity contribution is 6.10. The van der Waals surface area contributed by atoms with E-state index in [1.54, 1.807) is 36.4 Å². The Bertz CT molecular complexity index is 505. The molecule has 0 saturated heterocycles.